The van der Waals surface area contributed by atoms with Crippen LogP contribution in [0.4, 0.5) is 0 Å². The molecule has 0 aliphatic carbocycles. The fourth-order valence-electron chi connectivity index (χ4n) is 1.01. The lowest BCUT2D eigenvalue weighted by Crippen LogP contribution is -2.26. The van der Waals surface area contributed by atoms with Crippen molar-refractivity contribution < 1.29 is 4.74 Å². The molecular formula is C9H22N2O. The van der Waals surface area contributed by atoms with Gasteiger partial charge in [0.05, 0.1) is 6.61 Å². The summed E-state index contributed by atoms with van der Waals surface area (Å²) < 4.78 is 5.32. The molecule has 0 bridgehead atoms. The highest BCUT2D eigenvalue weighted by atomic mass is 16.5. The number of rotatable bonds is 8. The molecule has 0 aromatic carbocycles. The van der Waals surface area contributed by atoms with Gasteiger partial charge in [-0.3, -0.25) is 0 Å². The minimum Gasteiger partial charge on any atom is -0.380 e. The molecule has 0 spiro atoms. The zero-order valence-electron chi connectivity index (χ0n) is 8.09. The molecule has 74 valence electrons. The Labute approximate surface area is 75.5 Å². The van der Waals surface area contributed by atoms with Crippen LogP contribution in [-0.2, 0) is 4.74 Å². The fourth-order valence-corrected chi connectivity index (χ4v) is 1.01. The van der Waals surface area contributed by atoms with E-state index < -0.39 is 0 Å². The molecule has 0 heterocycles. The molecule has 3 nitrogen and oxygen atoms in total. The van der Waals surface area contributed by atoms with Crippen LogP contribution in [0.25, 0.3) is 0 Å². The van der Waals surface area contributed by atoms with Gasteiger partial charge in [0.2, 0.25) is 0 Å². The lowest BCUT2D eigenvalue weighted by molar-refractivity contribution is 0.118. The van der Waals surface area contributed by atoms with Gasteiger partial charge in [0.15, 0.2) is 0 Å². The van der Waals surface area contributed by atoms with Crippen molar-refractivity contribution in [2.45, 2.75) is 38.6 Å². The van der Waals surface area contributed by atoms with Crippen molar-refractivity contribution in [3.8, 4) is 0 Å². The number of ether oxygens (including phenoxy) is 1. The van der Waals surface area contributed by atoms with Crippen molar-refractivity contribution in [2.75, 3.05) is 19.8 Å². The van der Waals surface area contributed by atoms with Gasteiger partial charge in [0.1, 0.15) is 0 Å². The summed E-state index contributed by atoms with van der Waals surface area (Å²) in [6.07, 6.45) is 4.28. The topological polar surface area (TPSA) is 61.3 Å². The third-order valence-electron chi connectivity index (χ3n) is 1.71. The lowest BCUT2D eigenvalue weighted by atomic mass is 10.1. The summed E-state index contributed by atoms with van der Waals surface area (Å²) in [7, 11) is 0. The van der Waals surface area contributed by atoms with Crippen molar-refractivity contribution in [2.24, 2.45) is 11.5 Å². The highest BCUT2D eigenvalue weighted by Gasteiger charge is 2.00. The normalized spacial score (nSPS) is 13.2. The van der Waals surface area contributed by atoms with Crippen molar-refractivity contribution >= 4 is 0 Å². The van der Waals surface area contributed by atoms with E-state index in [9.17, 15) is 0 Å². The number of hydrogen-bond donors (Lipinski definition) is 2. The van der Waals surface area contributed by atoms with Gasteiger partial charge in [0, 0.05) is 12.6 Å². The Morgan fingerprint density at radius 1 is 1.33 bits per heavy atom. The van der Waals surface area contributed by atoms with Crippen LogP contribution in [0.3, 0.4) is 0 Å². The van der Waals surface area contributed by atoms with E-state index in [4.69, 9.17) is 16.2 Å². The standard InChI is InChI=1S/C9H22N2O/c1-2-7-12-8-9(11)5-3-4-6-10/h9H,2-8,10-11H2,1H3/t9-/m0/s1. The van der Waals surface area contributed by atoms with Crippen molar-refractivity contribution in [1.29, 1.82) is 0 Å². The molecule has 0 saturated carbocycles. The minimum absolute atomic E-state index is 0.197. The van der Waals surface area contributed by atoms with Crippen LogP contribution in [0, 0.1) is 0 Å². The Kier molecular flexibility index (Phi) is 8.88. The Balaban J connectivity index is 3.04. The van der Waals surface area contributed by atoms with Gasteiger partial charge in [-0.05, 0) is 25.8 Å². The first-order chi connectivity index (χ1) is 5.81. The third kappa shape index (κ3) is 7.98. The summed E-state index contributed by atoms with van der Waals surface area (Å²) in [5.41, 5.74) is 11.2. The summed E-state index contributed by atoms with van der Waals surface area (Å²) in [4.78, 5) is 0. The van der Waals surface area contributed by atoms with Crippen molar-refractivity contribution in [3.63, 3.8) is 0 Å². The zero-order chi connectivity index (χ0) is 9.23. The van der Waals surface area contributed by atoms with E-state index in [1.165, 1.54) is 0 Å². The highest BCUT2D eigenvalue weighted by molar-refractivity contribution is 4.59. The van der Waals surface area contributed by atoms with Crippen molar-refractivity contribution in [1.82, 2.24) is 0 Å². The van der Waals surface area contributed by atoms with Gasteiger partial charge in [-0.15, -0.1) is 0 Å². The largest absolute Gasteiger partial charge is 0.380 e. The zero-order valence-corrected chi connectivity index (χ0v) is 8.09. The van der Waals surface area contributed by atoms with Gasteiger partial charge in [-0.25, -0.2) is 0 Å². The van der Waals surface area contributed by atoms with Crippen LogP contribution < -0.4 is 11.5 Å². The van der Waals surface area contributed by atoms with Crippen LogP contribution in [-0.4, -0.2) is 25.8 Å². The molecule has 0 radical (unpaired) electrons. The predicted octanol–water partition coefficient (Wildman–Crippen LogP) is 0.869. The first kappa shape index (κ1) is 11.9. The number of unbranched alkanes of at least 4 members (excludes halogenated alkanes) is 1. The Bertz CT molecular complexity index is 78.6. The van der Waals surface area contributed by atoms with E-state index in [1.807, 2.05) is 0 Å². The van der Waals surface area contributed by atoms with Gasteiger partial charge in [0.25, 0.3) is 0 Å². The van der Waals surface area contributed by atoms with Crippen LogP contribution in [0.1, 0.15) is 32.6 Å². The van der Waals surface area contributed by atoms with Crippen LogP contribution >= 0.6 is 0 Å². The van der Waals surface area contributed by atoms with E-state index >= 15 is 0 Å². The van der Waals surface area contributed by atoms with Gasteiger partial charge < -0.3 is 16.2 Å². The Hall–Kier alpha value is -0.120. The first-order valence-corrected chi connectivity index (χ1v) is 4.84. The summed E-state index contributed by atoms with van der Waals surface area (Å²) in [5.74, 6) is 0. The molecule has 0 amide bonds. The molecule has 12 heavy (non-hydrogen) atoms. The number of nitrogens with two attached hydrogens (primary N) is 2. The quantitative estimate of drug-likeness (QED) is 0.537. The van der Waals surface area contributed by atoms with Crippen LogP contribution in [0.15, 0.2) is 0 Å². The molecule has 0 aromatic rings. The summed E-state index contributed by atoms with van der Waals surface area (Å²) >= 11 is 0. The molecule has 0 saturated heterocycles. The van der Waals surface area contributed by atoms with Gasteiger partial charge >= 0.3 is 0 Å². The van der Waals surface area contributed by atoms with E-state index in [1.54, 1.807) is 0 Å². The average molecular weight is 174 g/mol. The molecule has 0 fully saturated rings. The van der Waals surface area contributed by atoms with Crippen molar-refractivity contribution in [3.05, 3.63) is 0 Å². The Morgan fingerprint density at radius 2 is 2.08 bits per heavy atom. The van der Waals surface area contributed by atoms with E-state index in [-0.39, 0.29) is 6.04 Å². The summed E-state index contributed by atoms with van der Waals surface area (Å²) in [6, 6.07) is 0.197. The highest BCUT2D eigenvalue weighted by Crippen LogP contribution is 1.98. The molecule has 0 aromatic heterocycles. The maximum Gasteiger partial charge on any atom is 0.0617 e. The van der Waals surface area contributed by atoms with E-state index in [0.29, 0.717) is 6.61 Å². The SMILES string of the molecule is CCCOC[C@@H](N)CCCCN. The van der Waals surface area contributed by atoms with Gasteiger partial charge in [-0.2, -0.15) is 0 Å². The summed E-state index contributed by atoms with van der Waals surface area (Å²) in [6.45, 7) is 4.38. The lowest BCUT2D eigenvalue weighted by Gasteiger charge is -2.10. The maximum atomic E-state index is 5.79. The first-order valence-electron chi connectivity index (χ1n) is 4.84. The molecule has 0 rings (SSSR count). The number of hydrogen-bond acceptors (Lipinski definition) is 3. The molecule has 0 aliphatic rings. The minimum atomic E-state index is 0.197. The predicted molar refractivity (Wildman–Crippen MR) is 52.0 cm³/mol. The Morgan fingerprint density at radius 3 is 2.67 bits per heavy atom. The molecule has 4 N–H and O–H groups in total. The smallest absolute Gasteiger partial charge is 0.0617 e. The molecular weight excluding hydrogens is 152 g/mol. The molecule has 0 unspecified atom stereocenters. The second-order valence-corrected chi connectivity index (χ2v) is 3.12. The van der Waals surface area contributed by atoms with E-state index in [0.717, 1.165) is 38.8 Å². The maximum absolute atomic E-state index is 5.79. The van der Waals surface area contributed by atoms with Crippen LogP contribution in [0.5, 0.6) is 0 Å². The average Bonchev–Trinajstić information content (AvgIpc) is 2.06. The van der Waals surface area contributed by atoms with Crippen LogP contribution in [0.2, 0.25) is 0 Å². The van der Waals surface area contributed by atoms with E-state index in [2.05, 4.69) is 6.92 Å². The summed E-state index contributed by atoms with van der Waals surface area (Å²) in [5, 5.41) is 0. The molecule has 3 heteroatoms. The third-order valence-corrected chi connectivity index (χ3v) is 1.71. The fraction of sp³-hybridized carbons (Fsp3) is 1.00. The molecule has 0 aliphatic heterocycles. The molecule has 1 atom stereocenters. The van der Waals surface area contributed by atoms with Gasteiger partial charge in [-0.1, -0.05) is 13.3 Å². The second kappa shape index (κ2) is 8.97. The second-order valence-electron chi connectivity index (χ2n) is 3.12. The monoisotopic (exact) mass is 174 g/mol.